The van der Waals surface area contributed by atoms with E-state index in [4.69, 9.17) is 5.73 Å². The Morgan fingerprint density at radius 1 is 1.27 bits per heavy atom. The molecule has 1 fully saturated rings. The number of hydrogen-bond acceptors (Lipinski definition) is 4. The summed E-state index contributed by atoms with van der Waals surface area (Å²) in [4.78, 5) is 8.49. The van der Waals surface area contributed by atoms with Gasteiger partial charge in [0, 0.05) is 30.1 Å². The molecule has 1 saturated heterocycles. The molecule has 2 N–H and O–H groups in total. The molecule has 0 aliphatic carbocycles. The highest BCUT2D eigenvalue weighted by molar-refractivity contribution is 7.11. The summed E-state index contributed by atoms with van der Waals surface area (Å²) in [7, 11) is 0. The van der Waals surface area contributed by atoms with Crippen LogP contribution in [0, 0.1) is 5.92 Å². The van der Waals surface area contributed by atoms with E-state index >= 15 is 0 Å². The first-order valence-electron chi connectivity index (χ1n) is 8.09. The molecule has 2 aromatic rings. The lowest BCUT2D eigenvalue weighted by molar-refractivity contribution is 0.316. The molecule has 1 aromatic carbocycles. The summed E-state index contributed by atoms with van der Waals surface area (Å²) in [5.74, 6) is 1.67. The monoisotopic (exact) mass is 315 g/mol. The smallest absolute Gasteiger partial charge is 0.107 e. The third kappa shape index (κ3) is 3.40. The van der Waals surface area contributed by atoms with Crippen LogP contribution in [0.5, 0.6) is 0 Å². The summed E-state index contributed by atoms with van der Waals surface area (Å²) in [6, 6.07) is 10.8. The fourth-order valence-corrected chi connectivity index (χ4v) is 4.23. The van der Waals surface area contributed by atoms with Crippen molar-refractivity contribution in [1.82, 2.24) is 9.88 Å². The quantitative estimate of drug-likeness (QED) is 0.919. The first-order chi connectivity index (χ1) is 10.7. The van der Waals surface area contributed by atoms with E-state index in [9.17, 15) is 0 Å². The third-order valence-corrected chi connectivity index (χ3v) is 5.83. The third-order valence-electron chi connectivity index (χ3n) is 4.55. The van der Waals surface area contributed by atoms with Crippen molar-refractivity contribution in [2.45, 2.75) is 32.2 Å². The zero-order chi connectivity index (χ0) is 15.5. The molecule has 1 aliphatic rings. The van der Waals surface area contributed by atoms with E-state index in [1.807, 2.05) is 17.5 Å². The molecule has 0 bridgehead atoms. The number of rotatable bonds is 5. The van der Waals surface area contributed by atoms with Crippen LogP contribution in [0.15, 0.2) is 36.5 Å². The molecule has 0 amide bonds. The lowest BCUT2D eigenvalue weighted by atomic mass is 9.89. The molecule has 0 radical (unpaired) electrons. The number of hydrogen-bond donors (Lipinski definition) is 1. The molecule has 3 rings (SSSR count). The molecule has 0 spiro atoms. The Balaban J connectivity index is 1.68. The summed E-state index contributed by atoms with van der Waals surface area (Å²) in [5, 5.41) is 1.23. The second kappa shape index (κ2) is 6.90. The molecule has 3 nitrogen and oxygen atoms in total. The fraction of sp³-hybridized carbons (Fsp3) is 0.500. The van der Waals surface area contributed by atoms with Crippen molar-refractivity contribution in [3.8, 4) is 0 Å². The van der Waals surface area contributed by atoms with Crippen LogP contribution in [0.3, 0.4) is 0 Å². The zero-order valence-electron chi connectivity index (χ0n) is 13.4. The van der Waals surface area contributed by atoms with Crippen LogP contribution in [0.4, 0.5) is 0 Å². The van der Waals surface area contributed by atoms with E-state index in [0.717, 1.165) is 26.2 Å². The summed E-state index contributed by atoms with van der Waals surface area (Å²) in [6.07, 6.45) is 2.04. The van der Waals surface area contributed by atoms with Crippen LogP contribution < -0.4 is 5.73 Å². The predicted molar refractivity (Wildman–Crippen MR) is 93.2 cm³/mol. The minimum atomic E-state index is 0.548. The van der Waals surface area contributed by atoms with Gasteiger partial charge < -0.3 is 5.73 Å². The van der Waals surface area contributed by atoms with Gasteiger partial charge in [0.15, 0.2) is 0 Å². The van der Waals surface area contributed by atoms with Gasteiger partial charge in [-0.1, -0.05) is 44.2 Å². The Bertz CT molecular complexity index is 593. The molecular formula is C18H25N3S. The molecule has 22 heavy (non-hydrogen) atoms. The van der Waals surface area contributed by atoms with Crippen molar-refractivity contribution in [3.63, 3.8) is 0 Å². The maximum atomic E-state index is 6.02. The highest BCUT2D eigenvalue weighted by Crippen LogP contribution is 2.33. The van der Waals surface area contributed by atoms with Gasteiger partial charge in [0.2, 0.25) is 0 Å². The number of nitrogens with two attached hydrogens (primary N) is 1. The summed E-state index contributed by atoms with van der Waals surface area (Å²) < 4.78 is 0. The lowest BCUT2D eigenvalue weighted by Crippen LogP contribution is -2.23. The van der Waals surface area contributed by atoms with Crippen LogP contribution in [0.1, 0.15) is 41.1 Å². The first-order valence-corrected chi connectivity index (χ1v) is 8.91. The van der Waals surface area contributed by atoms with Gasteiger partial charge in [0.25, 0.3) is 0 Å². The van der Waals surface area contributed by atoms with Gasteiger partial charge in [0.1, 0.15) is 5.01 Å². The van der Waals surface area contributed by atoms with Crippen molar-refractivity contribution in [3.05, 3.63) is 52.0 Å². The Hall–Kier alpha value is -1.23. The fourth-order valence-electron chi connectivity index (χ4n) is 3.26. The molecular weight excluding hydrogens is 290 g/mol. The van der Waals surface area contributed by atoms with Crippen molar-refractivity contribution in [1.29, 1.82) is 0 Å². The molecule has 1 aliphatic heterocycles. The van der Waals surface area contributed by atoms with E-state index in [-0.39, 0.29) is 0 Å². The molecule has 0 unspecified atom stereocenters. The van der Waals surface area contributed by atoms with Gasteiger partial charge in [0.05, 0.1) is 6.54 Å². The second-order valence-corrected chi connectivity index (χ2v) is 7.66. The Labute approximate surface area is 137 Å². The van der Waals surface area contributed by atoms with Gasteiger partial charge in [-0.15, -0.1) is 11.3 Å². The minimum Gasteiger partial charge on any atom is -0.330 e. The van der Waals surface area contributed by atoms with Crippen molar-refractivity contribution in [2.75, 3.05) is 19.6 Å². The maximum absolute atomic E-state index is 6.02. The molecule has 4 heteroatoms. The van der Waals surface area contributed by atoms with Gasteiger partial charge in [-0.25, -0.2) is 4.98 Å². The number of thiazole rings is 1. The number of nitrogens with zero attached hydrogens (tertiary/aromatic N) is 2. The van der Waals surface area contributed by atoms with Crippen LogP contribution in [-0.2, 0) is 6.54 Å². The first kappa shape index (κ1) is 15.7. The van der Waals surface area contributed by atoms with Crippen molar-refractivity contribution < 1.29 is 0 Å². The van der Waals surface area contributed by atoms with Crippen molar-refractivity contribution >= 4 is 11.3 Å². The van der Waals surface area contributed by atoms with Gasteiger partial charge in [-0.2, -0.15) is 0 Å². The normalized spacial score (nSPS) is 22.5. The largest absolute Gasteiger partial charge is 0.330 e. The van der Waals surface area contributed by atoms with Gasteiger partial charge in [-0.05, 0) is 23.9 Å². The van der Waals surface area contributed by atoms with Gasteiger partial charge >= 0.3 is 0 Å². The van der Waals surface area contributed by atoms with Crippen LogP contribution >= 0.6 is 11.3 Å². The van der Waals surface area contributed by atoms with E-state index in [2.05, 4.69) is 54.1 Å². The Kier molecular flexibility index (Phi) is 4.91. The summed E-state index contributed by atoms with van der Waals surface area (Å²) in [5.41, 5.74) is 7.44. The molecule has 118 valence electrons. The summed E-state index contributed by atoms with van der Waals surface area (Å²) in [6.45, 7) is 8.32. The minimum absolute atomic E-state index is 0.548. The molecule has 1 aromatic heterocycles. The predicted octanol–water partition coefficient (Wildman–Crippen LogP) is 3.44. The highest BCUT2D eigenvalue weighted by Gasteiger charge is 2.33. The average Bonchev–Trinajstić information content (AvgIpc) is 3.15. The second-order valence-electron chi connectivity index (χ2n) is 6.52. The number of aromatic nitrogens is 1. The summed E-state index contributed by atoms with van der Waals surface area (Å²) >= 11 is 1.85. The zero-order valence-corrected chi connectivity index (χ0v) is 14.2. The lowest BCUT2D eigenvalue weighted by Gasteiger charge is -2.16. The van der Waals surface area contributed by atoms with Crippen LogP contribution in [0.2, 0.25) is 0 Å². The number of benzene rings is 1. The van der Waals surface area contributed by atoms with E-state index in [0.29, 0.717) is 17.8 Å². The molecule has 2 heterocycles. The standard InChI is InChI=1S/C18H25N3S/c1-13(2)17-9-20-18(22-17)12-21-10-15(8-19)16(11-21)14-6-4-3-5-7-14/h3-7,9,13,15-16H,8,10-12,19H2,1-2H3/t15-,16+/m1/s1. The van der Waals surface area contributed by atoms with Crippen molar-refractivity contribution in [2.24, 2.45) is 11.7 Å². The number of likely N-dealkylation sites (tertiary alicyclic amines) is 1. The topological polar surface area (TPSA) is 42.2 Å². The molecule has 2 atom stereocenters. The maximum Gasteiger partial charge on any atom is 0.107 e. The average molecular weight is 315 g/mol. The highest BCUT2D eigenvalue weighted by atomic mass is 32.1. The van der Waals surface area contributed by atoms with E-state index < -0.39 is 0 Å². The molecule has 0 saturated carbocycles. The van der Waals surface area contributed by atoms with Crippen LogP contribution in [0.25, 0.3) is 0 Å². The Morgan fingerprint density at radius 3 is 2.68 bits per heavy atom. The Morgan fingerprint density at radius 2 is 2.05 bits per heavy atom. The SMILES string of the molecule is CC(C)c1cnc(CN2C[C@@H](CN)[C@H](c3ccccc3)C2)s1. The van der Waals surface area contributed by atoms with Gasteiger partial charge in [-0.3, -0.25) is 4.90 Å². The van der Waals surface area contributed by atoms with Crippen LogP contribution in [-0.4, -0.2) is 29.5 Å². The van der Waals surface area contributed by atoms with E-state index in [1.54, 1.807) is 0 Å². The van der Waals surface area contributed by atoms with E-state index in [1.165, 1.54) is 15.4 Å².